The zero-order valence-corrected chi connectivity index (χ0v) is 11.1. The van der Waals surface area contributed by atoms with Crippen LogP contribution in [0.25, 0.3) is 0 Å². The predicted octanol–water partition coefficient (Wildman–Crippen LogP) is 2.84. The summed E-state index contributed by atoms with van der Waals surface area (Å²) in [4.78, 5) is 12.3. The van der Waals surface area contributed by atoms with Gasteiger partial charge in [0.2, 0.25) is 5.91 Å². The van der Waals surface area contributed by atoms with Gasteiger partial charge in [-0.3, -0.25) is 4.79 Å². The number of benzene rings is 1. The molecule has 1 fully saturated rings. The lowest BCUT2D eigenvalue weighted by molar-refractivity contribution is -0.117. The summed E-state index contributed by atoms with van der Waals surface area (Å²) in [5.74, 6) is 0.604. The number of para-hydroxylation sites is 1. The molecule has 1 saturated carbocycles. The number of nitrogens with two attached hydrogens (primary N) is 1. The van der Waals surface area contributed by atoms with Crippen molar-refractivity contribution < 1.29 is 4.79 Å². The summed E-state index contributed by atoms with van der Waals surface area (Å²) < 4.78 is 0. The van der Waals surface area contributed by atoms with Gasteiger partial charge in [-0.15, -0.1) is 0 Å². The number of anilines is 1. The summed E-state index contributed by atoms with van der Waals surface area (Å²) in [6, 6.07) is 7.39. The molecule has 1 amide bonds. The van der Waals surface area contributed by atoms with Crippen molar-refractivity contribution in [3.05, 3.63) is 29.8 Å². The number of thiocarbonyl (C=S) groups is 1. The lowest BCUT2D eigenvalue weighted by Crippen LogP contribution is -2.19. The first kappa shape index (κ1) is 13.0. The molecule has 96 valence electrons. The Morgan fingerprint density at radius 1 is 1.33 bits per heavy atom. The number of hydrogen-bond donors (Lipinski definition) is 2. The Hall–Kier alpha value is -1.42. The Balaban J connectivity index is 2.00. The second-order valence-corrected chi connectivity index (χ2v) is 5.25. The Morgan fingerprint density at radius 3 is 2.67 bits per heavy atom. The summed E-state index contributed by atoms with van der Waals surface area (Å²) in [5, 5.41) is 2.91. The highest BCUT2D eigenvalue weighted by molar-refractivity contribution is 7.80. The van der Waals surface area contributed by atoms with Crippen molar-refractivity contribution in [2.24, 2.45) is 11.7 Å². The molecule has 18 heavy (non-hydrogen) atoms. The lowest BCUT2D eigenvalue weighted by Gasteiger charge is -2.12. The topological polar surface area (TPSA) is 55.1 Å². The molecular weight excluding hydrogens is 244 g/mol. The maximum absolute atomic E-state index is 11.9. The van der Waals surface area contributed by atoms with Crippen molar-refractivity contribution in [2.75, 3.05) is 5.32 Å². The van der Waals surface area contributed by atoms with Crippen molar-refractivity contribution in [3.63, 3.8) is 0 Å². The van der Waals surface area contributed by atoms with Gasteiger partial charge >= 0.3 is 0 Å². The van der Waals surface area contributed by atoms with Crippen LogP contribution >= 0.6 is 12.2 Å². The molecule has 4 heteroatoms. The van der Waals surface area contributed by atoms with Crippen LogP contribution in [0.3, 0.4) is 0 Å². The van der Waals surface area contributed by atoms with Crippen LogP contribution in [0.5, 0.6) is 0 Å². The summed E-state index contributed by atoms with van der Waals surface area (Å²) in [7, 11) is 0. The Labute approximate surface area is 113 Å². The Morgan fingerprint density at radius 2 is 2.00 bits per heavy atom. The van der Waals surface area contributed by atoms with E-state index in [9.17, 15) is 4.79 Å². The largest absolute Gasteiger partial charge is 0.389 e. The molecule has 0 heterocycles. The quantitative estimate of drug-likeness (QED) is 0.820. The minimum absolute atomic E-state index is 0.0607. The van der Waals surface area contributed by atoms with Crippen LogP contribution in [0.1, 0.15) is 37.7 Å². The fourth-order valence-corrected chi connectivity index (χ4v) is 2.66. The molecule has 0 aliphatic heterocycles. The summed E-state index contributed by atoms with van der Waals surface area (Å²) >= 11 is 4.97. The molecule has 1 aliphatic rings. The van der Waals surface area contributed by atoms with Crippen LogP contribution in [0, 0.1) is 5.92 Å². The maximum atomic E-state index is 11.9. The molecule has 1 aliphatic carbocycles. The van der Waals surface area contributed by atoms with Gasteiger partial charge in [0.15, 0.2) is 0 Å². The minimum atomic E-state index is 0.0607. The molecule has 1 aromatic rings. The van der Waals surface area contributed by atoms with E-state index in [1.807, 2.05) is 24.3 Å². The second kappa shape index (κ2) is 5.96. The maximum Gasteiger partial charge on any atom is 0.224 e. The Kier molecular flexibility index (Phi) is 4.31. The highest BCUT2D eigenvalue weighted by Gasteiger charge is 2.19. The van der Waals surface area contributed by atoms with Gasteiger partial charge in [-0.2, -0.15) is 0 Å². The molecule has 1 aromatic carbocycles. The van der Waals surface area contributed by atoms with E-state index in [4.69, 9.17) is 18.0 Å². The fourth-order valence-electron chi connectivity index (χ4n) is 2.48. The summed E-state index contributed by atoms with van der Waals surface area (Å²) in [6.45, 7) is 0. The van der Waals surface area contributed by atoms with Crippen molar-refractivity contribution in [2.45, 2.75) is 32.1 Å². The van der Waals surface area contributed by atoms with Gasteiger partial charge in [-0.05, 0) is 30.9 Å². The standard InChI is InChI=1S/C14H18N2OS/c15-14(18)11-7-3-4-8-12(11)16-13(17)9-10-5-1-2-6-10/h3-4,7-8,10H,1-2,5-6,9H2,(H2,15,18)(H,16,17). The van der Waals surface area contributed by atoms with Gasteiger partial charge in [0.25, 0.3) is 0 Å². The van der Waals surface area contributed by atoms with Gasteiger partial charge in [0, 0.05) is 12.0 Å². The molecule has 0 saturated heterocycles. The fraction of sp³-hybridized carbons (Fsp3) is 0.429. The van der Waals surface area contributed by atoms with E-state index in [0.29, 0.717) is 23.0 Å². The molecule has 2 rings (SSSR count). The van der Waals surface area contributed by atoms with Crippen LogP contribution in [0.15, 0.2) is 24.3 Å². The van der Waals surface area contributed by atoms with E-state index in [2.05, 4.69) is 5.32 Å². The zero-order chi connectivity index (χ0) is 13.0. The highest BCUT2D eigenvalue weighted by Crippen LogP contribution is 2.28. The summed E-state index contributed by atoms with van der Waals surface area (Å²) in [6.07, 6.45) is 5.45. The van der Waals surface area contributed by atoms with Crippen molar-refractivity contribution >= 4 is 28.8 Å². The van der Waals surface area contributed by atoms with Crippen LogP contribution in [0.4, 0.5) is 5.69 Å². The second-order valence-electron chi connectivity index (χ2n) is 4.81. The van der Waals surface area contributed by atoms with E-state index < -0.39 is 0 Å². The van der Waals surface area contributed by atoms with Crippen molar-refractivity contribution in [1.82, 2.24) is 0 Å². The van der Waals surface area contributed by atoms with Gasteiger partial charge in [0.1, 0.15) is 4.99 Å². The van der Waals surface area contributed by atoms with Crippen LogP contribution in [-0.4, -0.2) is 10.9 Å². The monoisotopic (exact) mass is 262 g/mol. The van der Waals surface area contributed by atoms with Gasteiger partial charge in [-0.25, -0.2) is 0 Å². The first-order chi connectivity index (χ1) is 8.66. The van der Waals surface area contributed by atoms with E-state index in [1.165, 1.54) is 25.7 Å². The predicted molar refractivity (Wildman–Crippen MR) is 77.5 cm³/mol. The van der Waals surface area contributed by atoms with Crippen LogP contribution in [0.2, 0.25) is 0 Å². The van der Waals surface area contributed by atoms with Crippen molar-refractivity contribution in [1.29, 1.82) is 0 Å². The van der Waals surface area contributed by atoms with Crippen LogP contribution in [-0.2, 0) is 4.79 Å². The molecule has 3 nitrogen and oxygen atoms in total. The van der Waals surface area contributed by atoms with Gasteiger partial charge in [0.05, 0.1) is 5.69 Å². The van der Waals surface area contributed by atoms with E-state index in [1.54, 1.807) is 0 Å². The zero-order valence-electron chi connectivity index (χ0n) is 10.3. The molecule has 0 atom stereocenters. The van der Waals surface area contributed by atoms with Crippen molar-refractivity contribution in [3.8, 4) is 0 Å². The molecule has 0 bridgehead atoms. The third-order valence-corrected chi connectivity index (χ3v) is 3.64. The smallest absolute Gasteiger partial charge is 0.224 e. The SMILES string of the molecule is NC(=S)c1ccccc1NC(=O)CC1CCCC1. The minimum Gasteiger partial charge on any atom is -0.389 e. The number of carbonyl (C=O) groups is 1. The molecule has 0 aromatic heterocycles. The van der Waals surface area contributed by atoms with Gasteiger partial charge in [-0.1, -0.05) is 37.2 Å². The number of hydrogen-bond acceptors (Lipinski definition) is 2. The highest BCUT2D eigenvalue weighted by atomic mass is 32.1. The number of amides is 1. The normalized spacial score (nSPS) is 15.6. The third kappa shape index (κ3) is 3.29. The molecule has 0 radical (unpaired) electrons. The average molecular weight is 262 g/mol. The van der Waals surface area contributed by atoms with E-state index in [-0.39, 0.29) is 5.91 Å². The number of nitrogens with one attached hydrogen (secondary N) is 1. The van der Waals surface area contributed by atoms with Crippen LogP contribution < -0.4 is 11.1 Å². The molecule has 3 N–H and O–H groups in total. The van der Waals surface area contributed by atoms with Gasteiger partial charge < -0.3 is 11.1 Å². The Bertz CT molecular complexity index is 453. The molecule has 0 spiro atoms. The number of rotatable bonds is 4. The third-order valence-electron chi connectivity index (χ3n) is 3.42. The first-order valence-electron chi connectivity index (χ1n) is 6.35. The molecule has 0 unspecified atom stereocenters. The van der Waals surface area contributed by atoms with E-state index >= 15 is 0 Å². The summed E-state index contributed by atoms with van der Waals surface area (Å²) in [5.41, 5.74) is 7.08. The van der Waals surface area contributed by atoms with E-state index in [0.717, 1.165) is 5.56 Å². The molecular formula is C14H18N2OS. The number of carbonyl (C=O) groups excluding carboxylic acids is 1. The lowest BCUT2D eigenvalue weighted by atomic mass is 10.0. The average Bonchev–Trinajstić information content (AvgIpc) is 2.82. The first-order valence-corrected chi connectivity index (χ1v) is 6.76.